The molecule has 0 bridgehead atoms. The SMILES string of the molecule is CC1CCC(C(C)NN)CC1. The van der Waals surface area contributed by atoms with Crippen molar-refractivity contribution in [3.8, 4) is 0 Å². The molecule has 1 saturated carbocycles. The minimum absolute atomic E-state index is 0.502. The summed E-state index contributed by atoms with van der Waals surface area (Å²) in [6, 6.07) is 0.502. The highest BCUT2D eigenvalue weighted by Gasteiger charge is 2.21. The minimum Gasteiger partial charge on any atom is -0.271 e. The number of rotatable bonds is 2. The summed E-state index contributed by atoms with van der Waals surface area (Å²) in [6.45, 7) is 4.53. The zero-order valence-corrected chi connectivity index (χ0v) is 7.64. The van der Waals surface area contributed by atoms with E-state index in [-0.39, 0.29) is 0 Å². The van der Waals surface area contributed by atoms with Gasteiger partial charge in [0.1, 0.15) is 0 Å². The molecule has 2 heteroatoms. The zero-order valence-electron chi connectivity index (χ0n) is 7.64. The third kappa shape index (κ3) is 2.46. The summed E-state index contributed by atoms with van der Waals surface area (Å²) in [5.74, 6) is 7.14. The van der Waals surface area contributed by atoms with E-state index in [1.165, 1.54) is 25.7 Å². The first-order valence-corrected chi connectivity index (χ1v) is 4.70. The molecule has 11 heavy (non-hydrogen) atoms. The number of hydrogen-bond acceptors (Lipinski definition) is 2. The Labute approximate surface area is 69.5 Å². The van der Waals surface area contributed by atoms with E-state index >= 15 is 0 Å². The first-order valence-electron chi connectivity index (χ1n) is 4.70. The van der Waals surface area contributed by atoms with Crippen LogP contribution >= 0.6 is 0 Å². The van der Waals surface area contributed by atoms with Crippen LogP contribution in [-0.4, -0.2) is 6.04 Å². The molecule has 1 atom stereocenters. The lowest BCUT2D eigenvalue weighted by Gasteiger charge is -2.30. The summed E-state index contributed by atoms with van der Waals surface area (Å²) in [6.07, 6.45) is 5.48. The van der Waals surface area contributed by atoms with Crippen molar-refractivity contribution in [2.75, 3.05) is 0 Å². The van der Waals surface area contributed by atoms with Crippen molar-refractivity contribution >= 4 is 0 Å². The topological polar surface area (TPSA) is 38.0 Å². The van der Waals surface area contributed by atoms with Crippen molar-refractivity contribution in [3.63, 3.8) is 0 Å². The molecular weight excluding hydrogens is 136 g/mol. The Hall–Kier alpha value is -0.0800. The second-order valence-electron chi connectivity index (χ2n) is 3.98. The number of nitrogens with two attached hydrogens (primary N) is 1. The lowest BCUT2D eigenvalue weighted by atomic mass is 9.80. The molecule has 0 spiro atoms. The Morgan fingerprint density at radius 2 is 1.82 bits per heavy atom. The average molecular weight is 156 g/mol. The summed E-state index contributed by atoms with van der Waals surface area (Å²) in [5.41, 5.74) is 2.85. The monoisotopic (exact) mass is 156 g/mol. The second kappa shape index (κ2) is 4.07. The van der Waals surface area contributed by atoms with E-state index in [0.717, 1.165) is 11.8 Å². The van der Waals surface area contributed by atoms with Crippen molar-refractivity contribution in [1.29, 1.82) is 0 Å². The highest BCUT2D eigenvalue weighted by molar-refractivity contribution is 4.76. The van der Waals surface area contributed by atoms with E-state index in [2.05, 4.69) is 19.3 Å². The van der Waals surface area contributed by atoms with Crippen molar-refractivity contribution in [2.45, 2.75) is 45.6 Å². The van der Waals surface area contributed by atoms with E-state index in [0.29, 0.717) is 6.04 Å². The van der Waals surface area contributed by atoms with Crippen molar-refractivity contribution in [3.05, 3.63) is 0 Å². The van der Waals surface area contributed by atoms with Crippen LogP contribution in [0.3, 0.4) is 0 Å². The lowest BCUT2D eigenvalue weighted by molar-refractivity contribution is 0.240. The lowest BCUT2D eigenvalue weighted by Crippen LogP contribution is -2.39. The zero-order chi connectivity index (χ0) is 8.27. The van der Waals surface area contributed by atoms with Gasteiger partial charge in [-0.1, -0.05) is 19.8 Å². The maximum atomic E-state index is 5.39. The van der Waals surface area contributed by atoms with Crippen LogP contribution in [-0.2, 0) is 0 Å². The molecule has 0 radical (unpaired) electrons. The predicted molar refractivity (Wildman–Crippen MR) is 47.9 cm³/mol. The molecule has 3 N–H and O–H groups in total. The molecule has 2 nitrogen and oxygen atoms in total. The first-order chi connectivity index (χ1) is 5.24. The maximum Gasteiger partial charge on any atom is 0.0210 e. The van der Waals surface area contributed by atoms with Gasteiger partial charge in [0.25, 0.3) is 0 Å². The molecule has 1 rings (SSSR count). The molecule has 66 valence electrons. The Morgan fingerprint density at radius 3 is 2.27 bits per heavy atom. The van der Waals surface area contributed by atoms with Crippen LogP contribution in [0.15, 0.2) is 0 Å². The van der Waals surface area contributed by atoms with Crippen LogP contribution in [0, 0.1) is 11.8 Å². The van der Waals surface area contributed by atoms with Crippen LogP contribution in [0.2, 0.25) is 0 Å². The second-order valence-corrected chi connectivity index (χ2v) is 3.98. The van der Waals surface area contributed by atoms with Gasteiger partial charge in [-0.05, 0) is 31.6 Å². The molecule has 0 amide bonds. The van der Waals surface area contributed by atoms with E-state index < -0.39 is 0 Å². The van der Waals surface area contributed by atoms with Gasteiger partial charge in [0.05, 0.1) is 0 Å². The fourth-order valence-corrected chi connectivity index (χ4v) is 1.92. The van der Waals surface area contributed by atoms with Gasteiger partial charge in [-0.2, -0.15) is 0 Å². The summed E-state index contributed by atoms with van der Waals surface area (Å²) in [5, 5.41) is 0. The molecule has 0 aromatic heterocycles. The summed E-state index contributed by atoms with van der Waals surface area (Å²) < 4.78 is 0. The first kappa shape index (κ1) is 9.01. The van der Waals surface area contributed by atoms with Crippen LogP contribution in [0.1, 0.15) is 39.5 Å². The molecular formula is C9H20N2. The third-order valence-electron chi connectivity index (χ3n) is 3.03. The summed E-state index contributed by atoms with van der Waals surface area (Å²) in [7, 11) is 0. The van der Waals surface area contributed by atoms with Gasteiger partial charge >= 0.3 is 0 Å². The highest BCUT2D eigenvalue weighted by Crippen LogP contribution is 2.29. The van der Waals surface area contributed by atoms with Gasteiger partial charge in [0.15, 0.2) is 0 Å². The number of hydrogen-bond donors (Lipinski definition) is 2. The molecule has 1 aliphatic carbocycles. The van der Waals surface area contributed by atoms with Crippen LogP contribution in [0.4, 0.5) is 0 Å². The van der Waals surface area contributed by atoms with Crippen molar-refractivity contribution in [1.82, 2.24) is 5.43 Å². The van der Waals surface area contributed by atoms with E-state index in [4.69, 9.17) is 5.84 Å². The van der Waals surface area contributed by atoms with Crippen molar-refractivity contribution in [2.24, 2.45) is 17.7 Å². The van der Waals surface area contributed by atoms with E-state index in [1.54, 1.807) is 0 Å². The summed E-state index contributed by atoms with van der Waals surface area (Å²) >= 11 is 0. The van der Waals surface area contributed by atoms with Gasteiger partial charge in [0.2, 0.25) is 0 Å². The van der Waals surface area contributed by atoms with Crippen molar-refractivity contribution < 1.29 is 0 Å². The van der Waals surface area contributed by atoms with Gasteiger partial charge in [-0.15, -0.1) is 0 Å². The van der Waals surface area contributed by atoms with Crippen LogP contribution in [0.25, 0.3) is 0 Å². The minimum atomic E-state index is 0.502. The fraction of sp³-hybridized carbons (Fsp3) is 1.00. The largest absolute Gasteiger partial charge is 0.271 e. The van der Waals surface area contributed by atoms with Gasteiger partial charge < -0.3 is 0 Å². The molecule has 1 unspecified atom stereocenters. The molecule has 1 aliphatic rings. The number of nitrogens with one attached hydrogen (secondary N) is 1. The standard InChI is InChI=1S/C9H20N2/c1-7-3-5-9(6-4-7)8(2)11-10/h7-9,11H,3-6,10H2,1-2H3. The van der Waals surface area contributed by atoms with Gasteiger partial charge in [0, 0.05) is 6.04 Å². The van der Waals surface area contributed by atoms with E-state index in [9.17, 15) is 0 Å². The average Bonchev–Trinajstić information content (AvgIpc) is 2.05. The maximum absolute atomic E-state index is 5.39. The highest BCUT2D eigenvalue weighted by atomic mass is 15.2. The molecule has 1 fully saturated rings. The summed E-state index contributed by atoms with van der Waals surface area (Å²) in [4.78, 5) is 0. The molecule has 0 aromatic carbocycles. The Kier molecular flexibility index (Phi) is 3.34. The quantitative estimate of drug-likeness (QED) is 0.471. The van der Waals surface area contributed by atoms with E-state index in [1.807, 2.05) is 0 Å². The molecule has 0 aromatic rings. The smallest absolute Gasteiger partial charge is 0.0210 e. The molecule has 0 heterocycles. The Morgan fingerprint density at radius 1 is 1.27 bits per heavy atom. The third-order valence-corrected chi connectivity index (χ3v) is 3.03. The number of hydrazine groups is 1. The fourth-order valence-electron chi connectivity index (χ4n) is 1.92. The molecule has 0 saturated heterocycles. The molecule has 0 aliphatic heterocycles. The normalized spacial score (nSPS) is 35.2. The predicted octanol–water partition coefficient (Wildman–Crippen LogP) is 1.66. The Bertz CT molecular complexity index is 106. The van der Waals surface area contributed by atoms with Crippen LogP contribution < -0.4 is 11.3 Å². The Balaban J connectivity index is 2.27. The van der Waals surface area contributed by atoms with Gasteiger partial charge in [-0.25, -0.2) is 0 Å². The van der Waals surface area contributed by atoms with Crippen LogP contribution in [0.5, 0.6) is 0 Å². The van der Waals surface area contributed by atoms with Gasteiger partial charge in [-0.3, -0.25) is 11.3 Å².